The maximum atomic E-state index is 12.1. The summed E-state index contributed by atoms with van der Waals surface area (Å²) in [4.78, 5) is 24.0. The standard InChI is InChI=1S/C17H25N2O2/c1-12-6-5-9-15(10-12)19-17(21)13(2)18-16(20)11-14-7-3-4-8-14/h6,9,13-15H,3-4,7-8,10-11H2,1-2H3,(H,18,20)(H,19,21)/t13-,15+/m0/s1. The molecule has 0 spiro atoms. The van der Waals surface area contributed by atoms with E-state index in [1.807, 2.05) is 19.1 Å². The molecular weight excluding hydrogens is 264 g/mol. The molecule has 2 N–H and O–H groups in total. The number of rotatable bonds is 5. The van der Waals surface area contributed by atoms with E-state index >= 15 is 0 Å². The Morgan fingerprint density at radius 1 is 1.38 bits per heavy atom. The predicted octanol–water partition coefficient (Wildman–Crippen LogP) is 2.27. The molecule has 4 nitrogen and oxygen atoms in total. The first-order chi connectivity index (χ1) is 10.0. The Labute approximate surface area is 127 Å². The van der Waals surface area contributed by atoms with E-state index in [4.69, 9.17) is 0 Å². The maximum Gasteiger partial charge on any atom is 0.242 e. The third-order valence-electron chi connectivity index (χ3n) is 4.22. The number of allylic oxidation sites excluding steroid dienone is 2. The Morgan fingerprint density at radius 3 is 2.76 bits per heavy atom. The molecule has 2 atom stereocenters. The zero-order valence-corrected chi connectivity index (χ0v) is 12.9. The quantitative estimate of drug-likeness (QED) is 0.815. The molecule has 4 heteroatoms. The molecule has 0 saturated heterocycles. The van der Waals surface area contributed by atoms with Gasteiger partial charge in [0.2, 0.25) is 11.8 Å². The third kappa shape index (κ3) is 5.03. The SMILES string of the molecule is CC1=C[C]=C[C@@H](NC(=O)[C@H](C)NC(=O)CC2CCCC2)C1. The van der Waals surface area contributed by atoms with Crippen molar-refractivity contribution in [1.82, 2.24) is 10.6 Å². The zero-order chi connectivity index (χ0) is 15.2. The molecule has 1 radical (unpaired) electrons. The van der Waals surface area contributed by atoms with Gasteiger partial charge in [-0.25, -0.2) is 0 Å². The molecule has 2 aliphatic rings. The minimum Gasteiger partial charge on any atom is -0.348 e. The number of hydrogen-bond donors (Lipinski definition) is 2. The van der Waals surface area contributed by atoms with Crippen LogP contribution in [0.5, 0.6) is 0 Å². The number of nitrogens with one attached hydrogen (secondary N) is 2. The smallest absolute Gasteiger partial charge is 0.242 e. The van der Waals surface area contributed by atoms with Crippen molar-refractivity contribution in [3.05, 3.63) is 23.8 Å². The Morgan fingerprint density at radius 2 is 2.10 bits per heavy atom. The molecule has 2 rings (SSSR count). The van der Waals surface area contributed by atoms with E-state index in [1.54, 1.807) is 6.92 Å². The van der Waals surface area contributed by atoms with Crippen LogP contribution in [0.1, 0.15) is 52.4 Å². The van der Waals surface area contributed by atoms with Gasteiger partial charge in [-0.3, -0.25) is 9.59 Å². The van der Waals surface area contributed by atoms with E-state index in [0.717, 1.165) is 19.3 Å². The fourth-order valence-corrected chi connectivity index (χ4v) is 3.01. The maximum absolute atomic E-state index is 12.1. The lowest BCUT2D eigenvalue weighted by molar-refractivity contribution is -0.129. The van der Waals surface area contributed by atoms with Crippen molar-refractivity contribution in [2.75, 3.05) is 0 Å². The van der Waals surface area contributed by atoms with Crippen LogP contribution in [-0.2, 0) is 9.59 Å². The van der Waals surface area contributed by atoms with Gasteiger partial charge < -0.3 is 10.6 Å². The first-order valence-corrected chi connectivity index (χ1v) is 7.89. The number of hydrogen-bond acceptors (Lipinski definition) is 2. The highest BCUT2D eigenvalue weighted by Crippen LogP contribution is 2.27. The van der Waals surface area contributed by atoms with Gasteiger partial charge in [0.1, 0.15) is 6.04 Å². The van der Waals surface area contributed by atoms with Crippen molar-refractivity contribution < 1.29 is 9.59 Å². The predicted molar refractivity (Wildman–Crippen MR) is 82.3 cm³/mol. The molecule has 0 aliphatic heterocycles. The Balaban J connectivity index is 1.73. The lowest BCUT2D eigenvalue weighted by atomic mass is 10.0. The lowest BCUT2D eigenvalue weighted by Gasteiger charge is -2.21. The monoisotopic (exact) mass is 289 g/mol. The molecule has 0 bridgehead atoms. The fraction of sp³-hybridized carbons (Fsp3) is 0.647. The van der Waals surface area contributed by atoms with Crippen molar-refractivity contribution in [1.29, 1.82) is 0 Å². The second kappa shape index (κ2) is 7.43. The molecule has 0 unspecified atom stereocenters. The minimum absolute atomic E-state index is 0.00799. The fourth-order valence-electron chi connectivity index (χ4n) is 3.01. The van der Waals surface area contributed by atoms with Gasteiger partial charge in [-0.05, 0) is 45.1 Å². The third-order valence-corrected chi connectivity index (χ3v) is 4.22. The molecule has 2 aliphatic carbocycles. The summed E-state index contributed by atoms with van der Waals surface area (Å²) < 4.78 is 0. The second-order valence-corrected chi connectivity index (χ2v) is 6.29. The summed E-state index contributed by atoms with van der Waals surface area (Å²) in [6, 6.07) is -0.504. The van der Waals surface area contributed by atoms with Crippen molar-refractivity contribution >= 4 is 11.8 Å². The highest BCUT2D eigenvalue weighted by atomic mass is 16.2. The normalized spacial score (nSPS) is 23.5. The molecule has 21 heavy (non-hydrogen) atoms. The summed E-state index contributed by atoms with van der Waals surface area (Å²) in [5.41, 5.74) is 1.20. The van der Waals surface area contributed by atoms with Crippen LogP contribution >= 0.6 is 0 Å². The van der Waals surface area contributed by atoms with Crippen LogP contribution in [0.15, 0.2) is 17.7 Å². The van der Waals surface area contributed by atoms with Crippen LogP contribution in [-0.4, -0.2) is 23.9 Å². The van der Waals surface area contributed by atoms with E-state index in [9.17, 15) is 9.59 Å². The van der Waals surface area contributed by atoms with E-state index < -0.39 is 6.04 Å². The summed E-state index contributed by atoms with van der Waals surface area (Å²) in [5, 5.41) is 5.74. The summed E-state index contributed by atoms with van der Waals surface area (Å²) in [5.74, 6) is 0.364. The van der Waals surface area contributed by atoms with Gasteiger partial charge in [-0.2, -0.15) is 0 Å². The first kappa shape index (κ1) is 15.8. The van der Waals surface area contributed by atoms with Gasteiger partial charge >= 0.3 is 0 Å². The summed E-state index contributed by atoms with van der Waals surface area (Å²) >= 11 is 0. The summed E-state index contributed by atoms with van der Waals surface area (Å²) in [6.45, 7) is 3.76. The topological polar surface area (TPSA) is 58.2 Å². The molecule has 0 aromatic carbocycles. The molecule has 2 amide bonds. The van der Waals surface area contributed by atoms with Gasteiger partial charge in [0.05, 0.1) is 6.04 Å². The van der Waals surface area contributed by atoms with Gasteiger partial charge in [0, 0.05) is 6.42 Å². The van der Waals surface area contributed by atoms with Crippen LogP contribution in [0.4, 0.5) is 0 Å². The van der Waals surface area contributed by atoms with Crippen LogP contribution in [0.2, 0.25) is 0 Å². The Bertz CT molecular complexity index is 448. The van der Waals surface area contributed by atoms with E-state index in [-0.39, 0.29) is 17.9 Å². The number of amides is 2. The molecule has 0 aromatic rings. The van der Waals surface area contributed by atoms with E-state index in [2.05, 4.69) is 16.7 Å². The highest BCUT2D eigenvalue weighted by Gasteiger charge is 2.22. The number of carbonyl (C=O) groups excluding carboxylic acids is 2. The first-order valence-electron chi connectivity index (χ1n) is 7.89. The largest absolute Gasteiger partial charge is 0.348 e. The van der Waals surface area contributed by atoms with Gasteiger partial charge in [-0.15, -0.1) is 0 Å². The van der Waals surface area contributed by atoms with Crippen molar-refractivity contribution in [2.24, 2.45) is 5.92 Å². The Hall–Kier alpha value is -1.58. The highest BCUT2D eigenvalue weighted by molar-refractivity contribution is 5.87. The van der Waals surface area contributed by atoms with Crippen molar-refractivity contribution in [3.8, 4) is 0 Å². The van der Waals surface area contributed by atoms with Crippen LogP contribution in [0.3, 0.4) is 0 Å². The van der Waals surface area contributed by atoms with Crippen molar-refractivity contribution in [3.63, 3.8) is 0 Å². The minimum atomic E-state index is -0.487. The summed E-state index contributed by atoms with van der Waals surface area (Å²) in [7, 11) is 0. The van der Waals surface area contributed by atoms with Crippen LogP contribution in [0.25, 0.3) is 0 Å². The number of carbonyl (C=O) groups is 2. The molecule has 1 fully saturated rings. The van der Waals surface area contributed by atoms with Crippen molar-refractivity contribution in [2.45, 2.75) is 64.5 Å². The second-order valence-electron chi connectivity index (χ2n) is 6.29. The molecule has 0 aromatic heterocycles. The molecule has 0 heterocycles. The van der Waals surface area contributed by atoms with Crippen LogP contribution in [0, 0.1) is 12.0 Å². The van der Waals surface area contributed by atoms with E-state index in [1.165, 1.54) is 18.4 Å². The van der Waals surface area contributed by atoms with E-state index in [0.29, 0.717) is 12.3 Å². The summed E-state index contributed by atoms with van der Waals surface area (Å²) in [6.07, 6.45) is 12.9. The van der Waals surface area contributed by atoms with Gasteiger partial charge in [0.25, 0.3) is 0 Å². The molecule has 115 valence electrons. The average molecular weight is 289 g/mol. The van der Waals surface area contributed by atoms with Crippen LogP contribution < -0.4 is 10.6 Å². The Kier molecular flexibility index (Phi) is 5.59. The zero-order valence-electron chi connectivity index (χ0n) is 12.9. The van der Waals surface area contributed by atoms with Gasteiger partial charge in [-0.1, -0.05) is 30.6 Å². The lowest BCUT2D eigenvalue weighted by Crippen LogP contribution is -2.48. The average Bonchev–Trinajstić information content (AvgIpc) is 2.91. The molecular formula is C17H25N2O2. The molecule has 1 saturated carbocycles. The van der Waals surface area contributed by atoms with Gasteiger partial charge in [0.15, 0.2) is 0 Å².